The van der Waals surface area contributed by atoms with E-state index in [2.05, 4.69) is 36.5 Å². The number of aromatic nitrogens is 7. The van der Waals surface area contributed by atoms with E-state index in [1.165, 1.54) is 11.0 Å². The first kappa shape index (κ1) is 23.3. The number of ketones is 1. The number of rotatable bonds is 5. The topological polar surface area (TPSA) is 123 Å². The summed E-state index contributed by atoms with van der Waals surface area (Å²) < 4.78 is 3.26. The van der Waals surface area contributed by atoms with Crippen LogP contribution in [0.3, 0.4) is 0 Å². The fourth-order valence-electron chi connectivity index (χ4n) is 4.83. The molecule has 0 radical (unpaired) electrons. The molecule has 0 saturated heterocycles. The summed E-state index contributed by atoms with van der Waals surface area (Å²) in [6.45, 7) is 7.64. The Labute approximate surface area is 217 Å². The van der Waals surface area contributed by atoms with Crippen LogP contribution in [0.2, 0.25) is 0 Å². The summed E-state index contributed by atoms with van der Waals surface area (Å²) in [5.41, 5.74) is 6.13. The van der Waals surface area contributed by atoms with Gasteiger partial charge in [0.1, 0.15) is 12.1 Å². The molecule has 4 heterocycles. The van der Waals surface area contributed by atoms with Crippen molar-refractivity contribution in [3.63, 3.8) is 0 Å². The van der Waals surface area contributed by atoms with E-state index in [0.717, 1.165) is 22.3 Å². The molecule has 0 aliphatic rings. The molecule has 0 unspecified atom stereocenters. The number of Topliss-reactive ketones (excluding diaryl/α,β-unsaturated/α-hetero) is 1. The quantitative estimate of drug-likeness (QED) is 0.263. The average molecular weight is 505 g/mol. The third kappa shape index (κ3) is 3.74. The maximum atomic E-state index is 13.2. The highest BCUT2D eigenvalue weighted by Gasteiger charge is 2.25. The van der Waals surface area contributed by atoms with Gasteiger partial charge in [0.25, 0.3) is 11.7 Å². The third-order valence-corrected chi connectivity index (χ3v) is 6.53. The van der Waals surface area contributed by atoms with Crippen molar-refractivity contribution in [1.82, 2.24) is 34.5 Å². The number of carbonyl (C=O) groups excluding carboxylic acids is 2. The SMILES string of the molecule is Cc1ccc(-n2ncc3c(-n4nc(C)cc4NC(=O)C(=O)c4c(C)[nH]c5ccccc45)ncnc32)c(C)c1. The van der Waals surface area contributed by atoms with Gasteiger partial charge >= 0.3 is 0 Å². The fraction of sp³-hybridized carbons (Fsp3) is 0.143. The largest absolute Gasteiger partial charge is 0.358 e. The van der Waals surface area contributed by atoms with Crippen molar-refractivity contribution >= 4 is 39.4 Å². The van der Waals surface area contributed by atoms with E-state index in [4.69, 9.17) is 0 Å². The highest BCUT2D eigenvalue weighted by atomic mass is 16.2. The van der Waals surface area contributed by atoms with Crippen molar-refractivity contribution in [3.05, 3.63) is 89.1 Å². The molecule has 0 atom stereocenters. The van der Waals surface area contributed by atoms with Crippen LogP contribution in [0.4, 0.5) is 5.82 Å². The van der Waals surface area contributed by atoms with Gasteiger partial charge < -0.3 is 10.3 Å². The molecule has 1 amide bonds. The fourth-order valence-corrected chi connectivity index (χ4v) is 4.83. The number of nitrogens with zero attached hydrogens (tertiary/aromatic N) is 6. The van der Waals surface area contributed by atoms with Crippen molar-refractivity contribution in [3.8, 4) is 11.5 Å². The second-order valence-corrected chi connectivity index (χ2v) is 9.32. The molecule has 0 aliphatic carbocycles. The summed E-state index contributed by atoms with van der Waals surface area (Å²) in [5.74, 6) is -0.654. The molecule has 0 spiro atoms. The van der Waals surface area contributed by atoms with E-state index in [1.807, 2.05) is 50.2 Å². The first-order chi connectivity index (χ1) is 18.3. The number of para-hydroxylation sites is 1. The summed E-state index contributed by atoms with van der Waals surface area (Å²) in [4.78, 5) is 38.5. The first-order valence-electron chi connectivity index (χ1n) is 12.1. The number of amides is 1. The van der Waals surface area contributed by atoms with Gasteiger partial charge in [-0.3, -0.25) is 9.59 Å². The van der Waals surface area contributed by atoms with Crippen LogP contribution in [-0.2, 0) is 4.79 Å². The maximum Gasteiger partial charge on any atom is 0.298 e. The van der Waals surface area contributed by atoms with Gasteiger partial charge in [-0.15, -0.1) is 0 Å². The molecule has 0 saturated carbocycles. The van der Waals surface area contributed by atoms with Crippen LogP contribution < -0.4 is 5.32 Å². The van der Waals surface area contributed by atoms with Crippen LogP contribution in [0.5, 0.6) is 0 Å². The Morgan fingerprint density at radius 3 is 2.55 bits per heavy atom. The Balaban J connectivity index is 1.38. The van der Waals surface area contributed by atoms with Crippen molar-refractivity contribution in [1.29, 1.82) is 0 Å². The molecule has 10 nitrogen and oxygen atoms in total. The molecule has 188 valence electrons. The normalized spacial score (nSPS) is 11.4. The Bertz CT molecular complexity index is 1890. The number of benzene rings is 2. The van der Waals surface area contributed by atoms with Gasteiger partial charge in [-0.2, -0.15) is 14.9 Å². The molecule has 2 N–H and O–H groups in total. The molecule has 2 aromatic carbocycles. The molecule has 0 aliphatic heterocycles. The van der Waals surface area contributed by atoms with Gasteiger partial charge in [-0.05, 0) is 45.4 Å². The number of hydrogen-bond donors (Lipinski definition) is 2. The smallest absolute Gasteiger partial charge is 0.298 e. The van der Waals surface area contributed by atoms with Crippen molar-refractivity contribution in [2.45, 2.75) is 27.7 Å². The standard InChI is InChI=1S/C28H24N8O2/c1-15-9-10-22(16(2)11-15)35-26-20(13-31-35)27(30-14-29-26)36-23(12-17(3)34-36)33-28(38)25(37)24-18(4)32-21-8-6-5-7-19(21)24/h5-14,32H,1-4H3,(H,33,38). The Morgan fingerprint density at radius 1 is 0.921 bits per heavy atom. The summed E-state index contributed by atoms with van der Waals surface area (Å²) in [7, 11) is 0. The minimum Gasteiger partial charge on any atom is -0.358 e. The van der Waals surface area contributed by atoms with Crippen molar-refractivity contribution in [2.75, 3.05) is 5.32 Å². The lowest BCUT2D eigenvalue weighted by atomic mass is 10.1. The summed E-state index contributed by atoms with van der Waals surface area (Å²) in [6, 6.07) is 15.2. The Kier molecular flexibility index (Phi) is 5.37. The molecule has 6 aromatic rings. The monoisotopic (exact) mass is 504 g/mol. The summed E-state index contributed by atoms with van der Waals surface area (Å²) in [6.07, 6.45) is 3.11. The van der Waals surface area contributed by atoms with Crippen LogP contribution in [0.25, 0.3) is 33.4 Å². The second-order valence-electron chi connectivity index (χ2n) is 9.32. The molecular formula is C28H24N8O2. The Morgan fingerprint density at radius 2 is 1.74 bits per heavy atom. The molecule has 10 heteroatoms. The van der Waals surface area contributed by atoms with E-state index in [1.54, 1.807) is 30.8 Å². The molecule has 38 heavy (non-hydrogen) atoms. The van der Waals surface area contributed by atoms with Crippen molar-refractivity contribution < 1.29 is 9.59 Å². The number of fused-ring (bicyclic) bond motifs is 2. The van der Waals surface area contributed by atoms with Crippen LogP contribution >= 0.6 is 0 Å². The van der Waals surface area contributed by atoms with E-state index in [9.17, 15) is 9.59 Å². The number of nitrogens with one attached hydrogen (secondary N) is 2. The summed E-state index contributed by atoms with van der Waals surface area (Å²) >= 11 is 0. The van der Waals surface area contributed by atoms with Gasteiger partial charge in [0.2, 0.25) is 0 Å². The zero-order chi connectivity index (χ0) is 26.6. The lowest BCUT2D eigenvalue weighted by Gasteiger charge is -2.10. The van der Waals surface area contributed by atoms with E-state index >= 15 is 0 Å². The van der Waals surface area contributed by atoms with Gasteiger partial charge in [0, 0.05) is 22.7 Å². The number of H-pyrrole nitrogens is 1. The van der Waals surface area contributed by atoms with Crippen molar-refractivity contribution in [2.24, 2.45) is 0 Å². The first-order valence-corrected chi connectivity index (χ1v) is 12.1. The molecule has 6 rings (SSSR count). The predicted octanol–water partition coefficient (Wildman–Crippen LogP) is 4.54. The molecule has 0 fully saturated rings. The van der Waals surface area contributed by atoms with Crippen LogP contribution in [0, 0.1) is 27.7 Å². The molecule has 0 bridgehead atoms. The highest BCUT2D eigenvalue weighted by molar-refractivity contribution is 6.48. The number of aryl methyl sites for hydroxylation is 4. The zero-order valence-corrected chi connectivity index (χ0v) is 21.3. The lowest BCUT2D eigenvalue weighted by Crippen LogP contribution is -2.25. The van der Waals surface area contributed by atoms with Crippen LogP contribution in [0.15, 0.2) is 61.1 Å². The number of carbonyl (C=O) groups is 2. The lowest BCUT2D eigenvalue weighted by molar-refractivity contribution is -0.112. The van der Waals surface area contributed by atoms with E-state index in [-0.39, 0.29) is 0 Å². The third-order valence-electron chi connectivity index (χ3n) is 6.53. The maximum absolute atomic E-state index is 13.2. The Hall–Kier alpha value is -5.12. The highest BCUT2D eigenvalue weighted by Crippen LogP contribution is 2.27. The summed E-state index contributed by atoms with van der Waals surface area (Å²) in [5, 5.41) is 13.2. The van der Waals surface area contributed by atoms with Gasteiger partial charge in [0.15, 0.2) is 11.5 Å². The van der Waals surface area contributed by atoms with Gasteiger partial charge in [-0.25, -0.2) is 14.6 Å². The molecular weight excluding hydrogens is 480 g/mol. The zero-order valence-electron chi connectivity index (χ0n) is 21.3. The van der Waals surface area contributed by atoms with Crippen LogP contribution in [-0.4, -0.2) is 46.2 Å². The number of anilines is 1. The van der Waals surface area contributed by atoms with Crippen LogP contribution in [0.1, 0.15) is 32.9 Å². The second kappa shape index (κ2) is 8.77. The average Bonchev–Trinajstić information content (AvgIpc) is 3.57. The van der Waals surface area contributed by atoms with Gasteiger partial charge in [0.05, 0.1) is 28.5 Å². The molecule has 4 aromatic heterocycles. The minimum atomic E-state index is -0.768. The van der Waals surface area contributed by atoms with Gasteiger partial charge in [-0.1, -0.05) is 35.9 Å². The number of aromatic amines is 1. The minimum absolute atomic E-state index is 0.317. The van der Waals surface area contributed by atoms with E-state index in [0.29, 0.717) is 45.0 Å². The van der Waals surface area contributed by atoms with E-state index < -0.39 is 11.7 Å². The number of hydrogen-bond acceptors (Lipinski definition) is 6. The predicted molar refractivity (Wildman–Crippen MR) is 144 cm³/mol.